The minimum Gasteiger partial charge on any atom is -0.366 e. The van der Waals surface area contributed by atoms with Crippen molar-refractivity contribution in [1.82, 2.24) is 15.5 Å². The van der Waals surface area contributed by atoms with Crippen molar-refractivity contribution in [1.29, 1.82) is 0 Å². The third-order valence-electron chi connectivity index (χ3n) is 3.37. The van der Waals surface area contributed by atoms with E-state index in [0.29, 0.717) is 30.0 Å². The zero-order chi connectivity index (χ0) is 14.3. The van der Waals surface area contributed by atoms with Gasteiger partial charge in [0.05, 0.1) is 0 Å². The monoisotopic (exact) mass is 264 g/mol. The van der Waals surface area contributed by atoms with Crippen molar-refractivity contribution in [3.8, 4) is 0 Å². The van der Waals surface area contributed by atoms with Gasteiger partial charge in [0.15, 0.2) is 5.69 Å². The molecule has 0 aliphatic carbocycles. The second kappa shape index (κ2) is 7.71. The van der Waals surface area contributed by atoms with Gasteiger partial charge in [0, 0.05) is 12.6 Å². The number of carbonyl (C=O) groups excluding carboxylic acids is 1. The topological polar surface area (TPSA) is 66.9 Å². The van der Waals surface area contributed by atoms with E-state index in [2.05, 4.69) is 41.6 Å². The van der Waals surface area contributed by atoms with Crippen LogP contribution in [0.4, 0.5) is 5.82 Å². The first-order valence-electron chi connectivity index (χ1n) is 7.00. The lowest BCUT2D eigenvalue weighted by molar-refractivity contribution is 0.0950. The highest BCUT2D eigenvalue weighted by atomic mass is 16.1. The molecule has 0 radical (unpaired) electrons. The number of amides is 1. The molecule has 5 heteroatoms. The molecule has 2 N–H and O–H groups in total. The molecule has 0 bridgehead atoms. The predicted octanol–water partition coefficient (Wildman–Crippen LogP) is 2.46. The highest BCUT2D eigenvalue weighted by Gasteiger charge is 2.14. The summed E-state index contributed by atoms with van der Waals surface area (Å²) in [4.78, 5) is 11.5. The Hall–Kier alpha value is -1.65. The Morgan fingerprint density at radius 2 is 1.89 bits per heavy atom. The Morgan fingerprint density at radius 3 is 2.37 bits per heavy atom. The SMILES string of the molecule is CCNC(=O)c1ccc(NC(C)C(CC)CC)nn1. The van der Waals surface area contributed by atoms with Crippen LogP contribution in [-0.4, -0.2) is 28.7 Å². The molecule has 5 nitrogen and oxygen atoms in total. The smallest absolute Gasteiger partial charge is 0.271 e. The van der Waals surface area contributed by atoms with E-state index in [1.807, 2.05) is 6.92 Å². The molecule has 106 valence electrons. The molecular formula is C14H24N4O. The fourth-order valence-electron chi connectivity index (χ4n) is 2.13. The van der Waals surface area contributed by atoms with Crippen molar-refractivity contribution in [2.45, 2.75) is 46.6 Å². The zero-order valence-electron chi connectivity index (χ0n) is 12.2. The van der Waals surface area contributed by atoms with Crippen molar-refractivity contribution in [2.24, 2.45) is 5.92 Å². The van der Waals surface area contributed by atoms with Gasteiger partial charge in [0.2, 0.25) is 0 Å². The predicted molar refractivity (Wildman–Crippen MR) is 77.2 cm³/mol. The molecule has 0 aromatic carbocycles. The molecule has 1 aromatic rings. The summed E-state index contributed by atoms with van der Waals surface area (Å²) in [5.41, 5.74) is 0.350. The van der Waals surface area contributed by atoms with Crippen LogP contribution in [0.3, 0.4) is 0 Å². The maximum absolute atomic E-state index is 11.5. The van der Waals surface area contributed by atoms with E-state index in [4.69, 9.17) is 0 Å². The van der Waals surface area contributed by atoms with E-state index in [1.54, 1.807) is 12.1 Å². The van der Waals surface area contributed by atoms with Gasteiger partial charge in [-0.15, -0.1) is 10.2 Å². The first kappa shape index (κ1) is 15.4. The van der Waals surface area contributed by atoms with Gasteiger partial charge in [-0.2, -0.15) is 0 Å². The average Bonchev–Trinajstić information content (AvgIpc) is 2.41. The molecule has 1 heterocycles. The fourth-order valence-corrected chi connectivity index (χ4v) is 2.13. The van der Waals surface area contributed by atoms with Crippen LogP contribution in [0.25, 0.3) is 0 Å². The third-order valence-corrected chi connectivity index (χ3v) is 3.37. The Labute approximate surface area is 115 Å². The fraction of sp³-hybridized carbons (Fsp3) is 0.643. The second-order valence-corrected chi connectivity index (χ2v) is 4.67. The Balaban J connectivity index is 2.64. The van der Waals surface area contributed by atoms with E-state index in [0.717, 1.165) is 12.8 Å². The molecule has 19 heavy (non-hydrogen) atoms. The molecule has 0 spiro atoms. The summed E-state index contributed by atoms with van der Waals surface area (Å²) in [5.74, 6) is 1.15. The number of aromatic nitrogens is 2. The minimum atomic E-state index is -0.186. The van der Waals surface area contributed by atoms with Crippen LogP contribution < -0.4 is 10.6 Å². The van der Waals surface area contributed by atoms with Gasteiger partial charge in [-0.05, 0) is 31.9 Å². The summed E-state index contributed by atoms with van der Waals surface area (Å²) in [6.07, 6.45) is 2.27. The third kappa shape index (κ3) is 4.50. The van der Waals surface area contributed by atoms with Crippen LogP contribution in [0.15, 0.2) is 12.1 Å². The van der Waals surface area contributed by atoms with E-state index in [-0.39, 0.29) is 5.91 Å². The maximum atomic E-state index is 11.5. The van der Waals surface area contributed by atoms with Crippen LogP contribution in [0.2, 0.25) is 0 Å². The molecule has 0 fully saturated rings. The summed E-state index contributed by atoms with van der Waals surface area (Å²) in [7, 11) is 0. The van der Waals surface area contributed by atoms with E-state index < -0.39 is 0 Å². The lowest BCUT2D eigenvalue weighted by Gasteiger charge is -2.22. The molecule has 1 unspecified atom stereocenters. The summed E-state index contributed by atoms with van der Waals surface area (Å²) in [6, 6.07) is 3.84. The number of anilines is 1. The molecule has 0 saturated heterocycles. The lowest BCUT2D eigenvalue weighted by Crippen LogP contribution is -2.26. The standard InChI is InChI=1S/C14H24N4O/c1-5-11(6-2)10(4)16-13-9-8-12(17-18-13)14(19)15-7-3/h8-11H,5-7H2,1-4H3,(H,15,19)(H,16,18). The summed E-state index contributed by atoms with van der Waals surface area (Å²) < 4.78 is 0. The molecular weight excluding hydrogens is 240 g/mol. The van der Waals surface area contributed by atoms with Crippen LogP contribution in [0.1, 0.15) is 51.0 Å². The number of rotatable bonds is 7. The maximum Gasteiger partial charge on any atom is 0.271 e. The zero-order valence-corrected chi connectivity index (χ0v) is 12.2. The van der Waals surface area contributed by atoms with Crippen LogP contribution in [0, 0.1) is 5.92 Å². The van der Waals surface area contributed by atoms with E-state index in [9.17, 15) is 4.79 Å². The van der Waals surface area contributed by atoms with Gasteiger partial charge in [-0.1, -0.05) is 26.7 Å². The number of nitrogens with one attached hydrogen (secondary N) is 2. The van der Waals surface area contributed by atoms with Crippen molar-refractivity contribution in [3.05, 3.63) is 17.8 Å². The van der Waals surface area contributed by atoms with Gasteiger partial charge in [-0.3, -0.25) is 4.79 Å². The van der Waals surface area contributed by atoms with Gasteiger partial charge >= 0.3 is 0 Å². The number of carbonyl (C=O) groups is 1. The van der Waals surface area contributed by atoms with Gasteiger partial charge < -0.3 is 10.6 Å². The lowest BCUT2D eigenvalue weighted by atomic mass is 9.95. The molecule has 0 aliphatic heterocycles. The number of nitrogens with zero attached hydrogens (tertiary/aromatic N) is 2. The van der Waals surface area contributed by atoms with Crippen molar-refractivity contribution in [2.75, 3.05) is 11.9 Å². The Bertz CT molecular complexity index is 387. The summed E-state index contributed by atoms with van der Waals surface area (Å²) >= 11 is 0. The largest absolute Gasteiger partial charge is 0.366 e. The molecule has 1 aromatic heterocycles. The molecule has 0 saturated carbocycles. The molecule has 1 rings (SSSR count). The van der Waals surface area contributed by atoms with Crippen molar-refractivity contribution >= 4 is 11.7 Å². The van der Waals surface area contributed by atoms with Crippen LogP contribution >= 0.6 is 0 Å². The summed E-state index contributed by atoms with van der Waals surface area (Å²) in [5, 5.41) is 14.0. The molecule has 1 atom stereocenters. The van der Waals surface area contributed by atoms with Crippen molar-refractivity contribution < 1.29 is 4.79 Å². The van der Waals surface area contributed by atoms with Crippen LogP contribution in [0.5, 0.6) is 0 Å². The molecule has 1 amide bonds. The normalized spacial score (nSPS) is 12.3. The minimum absolute atomic E-state index is 0.186. The van der Waals surface area contributed by atoms with Gasteiger partial charge in [0.25, 0.3) is 5.91 Å². The average molecular weight is 264 g/mol. The number of hydrogen-bond donors (Lipinski definition) is 2. The first-order valence-corrected chi connectivity index (χ1v) is 7.00. The summed E-state index contributed by atoms with van der Waals surface area (Å²) in [6.45, 7) is 8.99. The highest BCUT2D eigenvalue weighted by molar-refractivity contribution is 5.92. The van der Waals surface area contributed by atoms with Crippen LogP contribution in [-0.2, 0) is 0 Å². The van der Waals surface area contributed by atoms with Gasteiger partial charge in [-0.25, -0.2) is 0 Å². The van der Waals surface area contributed by atoms with E-state index in [1.165, 1.54) is 0 Å². The van der Waals surface area contributed by atoms with Crippen molar-refractivity contribution in [3.63, 3.8) is 0 Å². The second-order valence-electron chi connectivity index (χ2n) is 4.67. The van der Waals surface area contributed by atoms with Gasteiger partial charge in [0.1, 0.15) is 5.82 Å². The Kier molecular flexibility index (Phi) is 6.25. The highest BCUT2D eigenvalue weighted by Crippen LogP contribution is 2.16. The Morgan fingerprint density at radius 1 is 1.21 bits per heavy atom. The molecule has 0 aliphatic rings. The quantitative estimate of drug-likeness (QED) is 0.794. The van der Waals surface area contributed by atoms with E-state index >= 15 is 0 Å². The first-order chi connectivity index (χ1) is 9.12. The number of hydrogen-bond acceptors (Lipinski definition) is 4.